The van der Waals surface area contributed by atoms with Gasteiger partial charge in [0.05, 0.1) is 0 Å². The first-order chi connectivity index (χ1) is 8.87. The van der Waals surface area contributed by atoms with Crippen LogP contribution in [0.25, 0.3) is 0 Å². The van der Waals surface area contributed by atoms with E-state index < -0.39 is 37.7 Å². The lowest BCUT2D eigenvalue weighted by Crippen LogP contribution is -2.51. The molecule has 0 bridgehead atoms. The molecule has 0 aliphatic carbocycles. The maximum absolute atomic E-state index is 12.4. The molecule has 0 saturated carbocycles. The summed E-state index contributed by atoms with van der Waals surface area (Å²) in [6.45, 7) is -2.90. The summed E-state index contributed by atoms with van der Waals surface area (Å²) in [5.41, 5.74) is 0. The molecular weight excluding hydrogens is 348 g/mol. The highest BCUT2D eigenvalue weighted by Gasteiger charge is 2.68. The molecule has 128 valence electrons. The van der Waals surface area contributed by atoms with Crippen molar-refractivity contribution in [3.05, 3.63) is 0 Å². The van der Waals surface area contributed by atoms with Gasteiger partial charge in [-0.1, -0.05) is 0 Å². The van der Waals surface area contributed by atoms with E-state index in [1.165, 1.54) is 0 Å². The van der Waals surface area contributed by atoms with Gasteiger partial charge in [0.25, 0.3) is 0 Å². The Morgan fingerprint density at radius 1 is 0.571 bits per heavy atom. The predicted molar refractivity (Wildman–Crippen MR) is 35.1 cm³/mol. The molecule has 3 nitrogen and oxygen atoms in total. The fourth-order valence-corrected chi connectivity index (χ4v) is 0.609. The van der Waals surface area contributed by atoms with Crippen LogP contribution in [0.3, 0.4) is 0 Å². The maximum Gasteiger partial charge on any atom is 0.527 e. The molecule has 0 aliphatic rings. The Hall–Kier alpha value is -0.960. The number of alkyl halides is 12. The fraction of sp³-hybridized carbons (Fsp3) is 1.00. The molecule has 0 amide bonds. The zero-order valence-electron chi connectivity index (χ0n) is 8.97. The normalized spacial score (nSPS) is 15.4. The van der Waals surface area contributed by atoms with Crippen LogP contribution < -0.4 is 0 Å². The smallest absolute Gasteiger partial charge is 0.286 e. The molecule has 0 spiro atoms. The van der Waals surface area contributed by atoms with Gasteiger partial charge in [0.2, 0.25) is 0 Å². The van der Waals surface area contributed by atoms with Gasteiger partial charge < -0.3 is 0 Å². The molecule has 0 rings (SSSR count). The van der Waals surface area contributed by atoms with Crippen molar-refractivity contribution in [1.82, 2.24) is 0 Å². The number of halogens is 12. The van der Waals surface area contributed by atoms with Gasteiger partial charge in [-0.25, -0.2) is 9.47 Å². The third kappa shape index (κ3) is 7.56. The Labute approximate surface area is 106 Å². The van der Waals surface area contributed by atoms with Crippen molar-refractivity contribution in [1.29, 1.82) is 0 Å². The topological polar surface area (TPSA) is 27.7 Å². The lowest BCUT2D eigenvalue weighted by molar-refractivity contribution is -0.557. The first-order valence-electron chi connectivity index (χ1n) is 4.18. The number of hydrogen-bond acceptors (Lipinski definition) is 3. The molecule has 0 unspecified atom stereocenters. The summed E-state index contributed by atoms with van der Waals surface area (Å²) in [4.78, 5) is 0. The van der Waals surface area contributed by atoms with Gasteiger partial charge in [-0.3, -0.25) is 4.74 Å². The van der Waals surface area contributed by atoms with Crippen LogP contribution in [0.4, 0.5) is 52.7 Å². The molecular formula is C6H2F12O3. The van der Waals surface area contributed by atoms with Gasteiger partial charge in [-0.05, 0) is 0 Å². The highest BCUT2D eigenvalue weighted by Crippen LogP contribution is 2.43. The van der Waals surface area contributed by atoms with Crippen molar-refractivity contribution in [3.63, 3.8) is 0 Å². The summed E-state index contributed by atoms with van der Waals surface area (Å²) in [6.07, 6.45) is -31.1. The summed E-state index contributed by atoms with van der Waals surface area (Å²) in [5.74, 6) is 0. The summed E-state index contributed by atoms with van der Waals surface area (Å²) in [6, 6.07) is 0. The quantitative estimate of drug-likeness (QED) is 0.538. The average molecular weight is 350 g/mol. The highest BCUT2D eigenvalue weighted by molar-refractivity contribution is 4.68. The van der Waals surface area contributed by atoms with Gasteiger partial charge in [-0.2, -0.15) is 30.7 Å². The van der Waals surface area contributed by atoms with Gasteiger partial charge in [-0.15, -0.1) is 22.0 Å². The van der Waals surface area contributed by atoms with E-state index in [0.29, 0.717) is 0 Å². The number of hydrogen-bond donors (Lipinski definition) is 0. The van der Waals surface area contributed by atoms with E-state index in [4.69, 9.17) is 0 Å². The van der Waals surface area contributed by atoms with Crippen molar-refractivity contribution in [2.45, 2.75) is 31.1 Å². The summed E-state index contributed by atoms with van der Waals surface area (Å²) >= 11 is 0. The van der Waals surface area contributed by atoms with Gasteiger partial charge >= 0.3 is 31.1 Å². The summed E-state index contributed by atoms with van der Waals surface area (Å²) in [7, 11) is 0. The van der Waals surface area contributed by atoms with Crippen LogP contribution in [0, 0.1) is 0 Å². The van der Waals surface area contributed by atoms with Gasteiger partial charge in [0, 0.05) is 0 Å². The van der Waals surface area contributed by atoms with E-state index in [0.717, 1.165) is 0 Å². The number of ether oxygens (including phenoxy) is 3. The lowest BCUT2D eigenvalue weighted by Gasteiger charge is -2.28. The van der Waals surface area contributed by atoms with Crippen LogP contribution in [-0.4, -0.2) is 37.7 Å². The Balaban J connectivity index is 4.92. The minimum atomic E-state index is -6.66. The Kier molecular flexibility index (Phi) is 5.42. The van der Waals surface area contributed by atoms with E-state index >= 15 is 0 Å². The summed E-state index contributed by atoms with van der Waals surface area (Å²) < 4.78 is 148. The van der Waals surface area contributed by atoms with E-state index in [1.807, 2.05) is 4.74 Å². The monoisotopic (exact) mass is 350 g/mol. The lowest BCUT2D eigenvalue weighted by atomic mass is 10.6. The maximum atomic E-state index is 12.4. The largest absolute Gasteiger partial charge is 0.527 e. The average Bonchev–Trinajstić information content (AvgIpc) is 2.07. The van der Waals surface area contributed by atoms with Crippen molar-refractivity contribution >= 4 is 0 Å². The minimum absolute atomic E-state index is 1.56. The first-order valence-corrected chi connectivity index (χ1v) is 4.18. The van der Waals surface area contributed by atoms with Crippen LogP contribution in [0.15, 0.2) is 0 Å². The highest BCUT2D eigenvalue weighted by atomic mass is 19.4. The second-order valence-corrected chi connectivity index (χ2v) is 3.05. The van der Waals surface area contributed by atoms with Crippen LogP contribution in [0.2, 0.25) is 0 Å². The molecule has 0 aromatic carbocycles. The Morgan fingerprint density at radius 3 is 1.29 bits per heavy atom. The molecule has 21 heavy (non-hydrogen) atoms. The Bertz CT molecular complexity index is 344. The molecule has 15 heteroatoms. The molecule has 0 aromatic rings. The van der Waals surface area contributed by atoms with Crippen LogP contribution in [0.1, 0.15) is 0 Å². The molecule has 0 radical (unpaired) electrons. The van der Waals surface area contributed by atoms with Gasteiger partial charge in [0.1, 0.15) is 0 Å². The molecule has 0 aliphatic heterocycles. The third-order valence-corrected chi connectivity index (χ3v) is 1.23. The molecule has 0 heterocycles. The first kappa shape index (κ1) is 20.0. The van der Waals surface area contributed by atoms with Crippen LogP contribution in [0.5, 0.6) is 0 Å². The van der Waals surface area contributed by atoms with E-state index in [2.05, 4.69) is 4.74 Å². The second kappa shape index (κ2) is 5.68. The number of rotatable bonds is 6. The predicted octanol–water partition coefficient (Wildman–Crippen LogP) is 3.85. The van der Waals surface area contributed by atoms with Crippen LogP contribution >= 0.6 is 0 Å². The SMILES string of the molecule is FC(F)(F)COC(F)(F)OC(F)(F)C(F)(F)OC(F)(F)F. The molecule has 0 atom stereocenters. The molecule has 0 fully saturated rings. The molecule has 0 saturated heterocycles. The van der Waals surface area contributed by atoms with E-state index in [1.54, 1.807) is 4.74 Å². The standard InChI is InChI=1S/C6H2F12O3/c7-2(8,9)1-19-6(17,18)21-4(12,13)3(10,11)20-5(14,15)16/h1H2. The zero-order valence-corrected chi connectivity index (χ0v) is 8.97. The van der Waals surface area contributed by atoms with E-state index in [-0.39, 0.29) is 0 Å². The van der Waals surface area contributed by atoms with Crippen molar-refractivity contribution in [2.24, 2.45) is 0 Å². The Morgan fingerprint density at radius 2 is 0.952 bits per heavy atom. The van der Waals surface area contributed by atoms with Crippen molar-refractivity contribution in [2.75, 3.05) is 6.61 Å². The summed E-state index contributed by atoms with van der Waals surface area (Å²) in [5, 5.41) is 0. The van der Waals surface area contributed by atoms with Crippen molar-refractivity contribution in [3.8, 4) is 0 Å². The minimum Gasteiger partial charge on any atom is -0.286 e. The van der Waals surface area contributed by atoms with Gasteiger partial charge in [0.15, 0.2) is 6.61 Å². The van der Waals surface area contributed by atoms with Crippen LogP contribution in [-0.2, 0) is 14.2 Å². The zero-order chi connectivity index (χ0) is 17.3. The van der Waals surface area contributed by atoms with E-state index in [9.17, 15) is 52.7 Å². The fourth-order valence-electron chi connectivity index (χ4n) is 0.609. The molecule has 0 N–H and O–H groups in total. The third-order valence-electron chi connectivity index (χ3n) is 1.23. The van der Waals surface area contributed by atoms with Crippen molar-refractivity contribution < 1.29 is 66.9 Å². The second-order valence-electron chi connectivity index (χ2n) is 3.05. The molecule has 0 aromatic heterocycles.